The molecule has 0 fully saturated rings. The molecule has 0 saturated carbocycles. The average molecular weight is 262 g/mol. The number of nitrogens with two attached hydrogens (primary N) is 1. The first-order valence-corrected chi connectivity index (χ1v) is 6.88. The van der Waals surface area contributed by atoms with Crippen molar-refractivity contribution in [1.29, 1.82) is 0 Å². The third-order valence-corrected chi connectivity index (χ3v) is 3.79. The molecule has 0 bridgehead atoms. The van der Waals surface area contributed by atoms with E-state index in [1.54, 1.807) is 0 Å². The highest BCUT2D eigenvalue weighted by Gasteiger charge is 2.25. The van der Waals surface area contributed by atoms with Crippen molar-refractivity contribution in [3.8, 4) is 5.75 Å². The molecule has 0 saturated heterocycles. The lowest BCUT2D eigenvalue weighted by Crippen LogP contribution is -2.51. The number of para-hydroxylation sites is 1. The van der Waals surface area contributed by atoms with Gasteiger partial charge in [0.25, 0.3) is 0 Å². The fourth-order valence-corrected chi connectivity index (χ4v) is 2.23. The molecule has 0 spiro atoms. The normalized spacial score (nSPS) is 20.9. The summed E-state index contributed by atoms with van der Waals surface area (Å²) >= 11 is 0. The predicted molar refractivity (Wildman–Crippen MR) is 75.0 cm³/mol. The van der Waals surface area contributed by atoms with Crippen LogP contribution in [0.25, 0.3) is 0 Å². The summed E-state index contributed by atoms with van der Waals surface area (Å²) in [6, 6.07) is 7.49. The second-order valence-corrected chi connectivity index (χ2v) is 5.24. The lowest BCUT2D eigenvalue weighted by Gasteiger charge is -2.28. The summed E-state index contributed by atoms with van der Waals surface area (Å²) in [7, 11) is 0. The summed E-state index contributed by atoms with van der Waals surface area (Å²) in [6.07, 6.45) is 1.70. The Kier molecular flexibility index (Phi) is 4.43. The first kappa shape index (κ1) is 13.9. The molecule has 1 heterocycles. The maximum atomic E-state index is 12.0. The molecule has 4 heteroatoms. The van der Waals surface area contributed by atoms with Gasteiger partial charge >= 0.3 is 0 Å². The van der Waals surface area contributed by atoms with Crippen LogP contribution in [0.15, 0.2) is 24.3 Å². The molecular weight excluding hydrogens is 240 g/mol. The van der Waals surface area contributed by atoms with E-state index in [4.69, 9.17) is 10.5 Å². The van der Waals surface area contributed by atoms with E-state index >= 15 is 0 Å². The van der Waals surface area contributed by atoms with Crippen molar-refractivity contribution in [2.75, 3.05) is 6.61 Å². The van der Waals surface area contributed by atoms with Crippen molar-refractivity contribution in [1.82, 2.24) is 5.32 Å². The monoisotopic (exact) mass is 262 g/mol. The van der Waals surface area contributed by atoms with Crippen molar-refractivity contribution in [3.05, 3.63) is 29.8 Å². The lowest BCUT2D eigenvalue weighted by atomic mass is 9.98. The van der Waals surface area contributed by atoms with Gasteiger partial charge in [-0.15, -0.1) is 0 Å². The number of amides is 1. The van der Waals surface area contributed by atoms with E-state index in [9.17, 15) is 4.79 Å². The summed E-state index contributed by atoms with van der Waals surface area (Å²) in [5.74, 6) is 1.03. The van der Waals surface area contributed by atoms with Gasteiger partial charge in [0.15, 0.2) is 0 Å². The van der Waals surface area contributed by atoms with Crippen LogP contribution in [0.3, 0.4) is 0 Å². The van der Waals surface area contributed by atoms with Crippen molar-refractivity contribution in [2.24, 2.45) is 11.7 Å². The quantitative estimate of drug-likeness (QED) is 0.864. The molecule has 2 rings (SSSR count). The minimum absolute atomic E-state index is 0.0116. The fraction of sp³-hybridized carbons (Fsp3) is 0.533. The van der Waals surface area contributed by atoms with Crippen molar-refractivity contribution < 1.29 is 9.53 Å². The van der Waals surface area contributed by atoms with E-state index in [-0.39, 0.29) is 17.9 Å². The second-order valence-electron chi connectivity index (χ2n) is 5.24. The van der Waals surface area contributed by atoms with Crippen molar-refractivity contribution in [3.63, 3.8) is 0 Å². The summed E-state index contributed by atoms with van der Waals surface area (Å²) in [4.78, 5) is 12.0. The van der Waals surface area contributed by atoms with Gasteiger partial charge in [-0.05, 0) is 24.0 Å². The Labute approximate surface area is 114 Å². The van der Waals surface area contributed by atoms with E-state index in [0.29, 0.717) is 6.61 Å². The number of nitrogens with one attached hydrogen (secondary N) is 1. The van der Waals surface area contributed by atoms with Gasteiger partial charge in [0.05, 0.1) is 12.1 Å². The standard InChI is InChI=1S/C15H22N2O2/c1-3-10(2)14(16)15(18)17-12-8-11-6-4-5-7-13(11)19-9-12/h4-7,10,12,14H,3,8-9,16H2,1-2H3,(H,17,18). The van der Waals surface area contributed by atoms with E-state index in [2.05, 4.69) is 5.32 Å². The lowest BCUT2D eigenvalue weighted by molar-refractivity contribution is -0.124. The molecule has 0 aliphatic carbocycles. The summed E-state index contributed by atoms with van der Waals surface area (Å²) in [5, 5.41) is 2.99. The van der Waals surface area contributed by atoms with Crippen LogP contribution < -0.4 is 15.8 Å². The number of rotatable bonds is 4. The van der Waals surface area contributed by atoms with Crippen LogP contribution in [-0.4, -0.2) is 24.6 Å². The molecule has 1 aromatic carbocycles. The zero-order valence-corrected chi connectivity index (χ0v) is 11.6. The Morgan fingerprint density at radius 2 is 2.26 bits per heavy atom. The number of carbonyl (C=O) groups excluding carboxylic acids is 1. The van der Waals surface area contributed by atoms with Crippen LogP contribution in [0.5, 0.6) is 5.75 Å². The first-order valence-electron chi connectivity index (χ1n) is 6.88. The van der Waals surface area contributed by atoms with Crippen LogP contribution in [0.2, 0.25) is 0 Å². The number of benzene rings is 1. The molecule has 0 aromatic heterocycles. The summed E-state index contributed by atoms with van der Waals surface area (Å²) < 4.78 is 5.65. The van der Waals surface area contributed by atoms with E-state index in [0.717, 1.165) is 24.2 Å². The number of fused-ring (bicyclic) bond motifs is 1. The van der Waals surface area contributed by atoms with Crippen molar-refractivity contribution >= 4 is 5.91 Å². The Balaban J connectivity index is 1.93. The van der Waals surface area contributed by atoms with Crippen LogP contribution in [-0.2, 0) is 11.2 Å². The Morgan fingerprint density at radius 1 is 1.53 bits per heavy atom. The second kappa shape index (κ2) is 6.06. The van der Waals surface area contributed by atoms with Crippen LogP contribution in [0.1, 0.15) is 25.8 Å². The molecule has 3 unspecified atom stereocenters. The van der Waals surface area contributed by atoms with Crippen LogP contribution in [0.4, 0.5) is 0 Å². The first-order chi connectivity index (χ1) is 9.11. The van der Waals surface area contributed by atoms with Crippen LogP contribution in [0, 0.1) is 5.92 Å². The average Bonchev–Trinajstić information content (AvgIpc) is 2.45. The highest BCUT2D eigenvalue weighted by molar-refractivity contribution is 5.82. The Morgan fingerprint density at radius 3 is 3.00 bits per heavy atom. The third-order valence-electron chi connectivity index (χ3n) is 3.79. The maximum absolute atomic E-state index is 12.0. The molecule has 1 aliphatic rings. The molecule has 0 radical (unpaired) electrons. The molecule has 3 N–H and O–H groups in total. The topological polar surface area (TPSA) is 64.4 Å². The smallest absolute Gasteiger partial charge is 0.237 e. The molecule has 4 nitrogen and oxygen atoms in total. The summed E-state index contributed by atoms with van der Waals surface area (Å²) in [5.41, 5.74) is 7.07. The molecule has 19 heavy (non-hydrogen) atoms. The van der Waals surface area contributed by atoms with Gasteiger partial charge in [-0.2, -0.15) is 0 Å². The zero-order valence-electron chi connectivity index (χ0n) is 11.6. The molecule has 1 amide bonds. The number of hydrogen-bond donors (Lipinski definition) is 2. The minimum Gasteiger partial charge on any atom is -0.491 e. The van der Waals surface area contributed by atoms with E-state index < -0.39 is 6.04 Å². The SMILES string of the molecule is CCC(C)C(N)C(=O)NC1COc2ccccc2C1. The Hall–Kier alpha value is -1.55. The van der Waals surface area contributed by atoms with E-state index in [1.165, 1.54) is 0 Å². The Bertz CT molecular complexity index is 448. The van der Waals surface area contributed by atoms with Crippen LogP contribution >= 0.6 is 0 Å². The zero-order chi connectivity index (χ0) is 13.8. The van der Waals surface area contributed by atoms with Gasteiger partial charge in [0.2, 0.25) is 5.91 Å². The highest BCUT2D eigenvalue weighted by Crippen LogP contribution is 2.23. The van der Waals surface area contributed by atoms with Gasteiger partial charge in [0.1, 0.15) is 12.4 Å². The number of hydrogen-bond acceptors (Lipinski definition) is 3. The molecule has 3 atom stereocenters. The molecular formula is C15H22N2O2. The largest absolute Gasteiger partial charge is 0.491 e. The van der Waals surface area contributed by atoms with Crippen molar-refractivity contribution in [2.45, 2.75) is 38.8 Å². The van der Waals surface area contributed by atoms with Gasteiger partial charge in [-0.25, -0.2) is 0 Å². The minimum atomic E-state index is -0.442. The van der Waals surface area contributed by atoms with Gasteiger partial charge in [-0.3, -0.25) is 4.79 Å². The third kappa shape index (κ3) is 3.26. The van der Waals surface area contributed by atoms with E-state index in [1.807, 2.05) is 38.1 Å². The highest BCUT2D eigenvalue weighted by atomic mass is 16.5. The van der Waals surface area contributed by atoms with Gasteiger partial charge in [0, 0.05) is 0 Å². The molecule has 1 aromatic rings. The molecule has 104 valence electrons. The number of carbonyl (C=O) groups is 1. The van der Waals surface area contributed by atoms with Gasteiger partial charge in [-0.1, -0.05) is 38.5 Å². The summed E-state index contributed by atoms with van der Waals surface area (Å²) in [6.45, 7) is 4.55. The molecule has 1 aliphatic heterocycles. The number of ether oxygens (including phenoxy) is 1. The van der Waals surface area contributed by atoms with Gasteiger partial charge < -0.3 is 15.8 Å². The fourth-order valence-electron chi connectivity index (χ4n) is 2.23. The maximum Gasteiger partial charge on any atom is 0.237 e. The predicted octanol–water partition coefficient (Wildman–Crippen LogP) is 1.48.